The highest BCUT2D eigenvalue weighted by Crippen LogP contribution is 2.30. The highest BCUT2D eigenvalue weighted by molar-refractivity contribution is 5.20. The van der Waals surface area contributed by atoms with E-state index in [1.807, 2.05) is 13.2 Å². The molecule has 1 saturated heterocycles. The Bertz CT molecular complexity index is 343. The Labute approximate surface area is 96.2 Å². The second-order valence-corrected chi connectivity index (χ2v) is 4.48. The maximum atomic E-state index is 10.3. The van der Waals surface area contributed by atoms with Crippen molar-refractivity contribution in [2.24, 2.45) is 13.0 Å². The topological polar surface area (TPSA) is 47.3 Å². The van der Waals surface area contributed by atoms with E-state index in [9.17, 15) is 5.11 Å². The van der Waals surface area contributed by atoms with Gasteiger partial charge in [-0.25, -0.2) is 0 Å². The van der Waals surface area contributed by atoms with Gasteiger partial charge in [0.1, 0.15) is 0 Å². The summed E-state index contributed by atoms with van der Waals surface area (Å²) in [6.45, 7) is 3.56. The molecule has 0 bridgehead atoms. The van der Waals surface area contributed by atoms with Gasteiger partial charge in [0.05, 0.1) is 18.4 Å². The molecule has 2 atom stereocenters. The average molecular weight is 224 g/mol. The minimum atomic E-state index is -0.427. The van der Waals surface area contributed by atoms with E-state index in [0.29, 0.717) is 6.61 Å². The lowest BCUT2D eigenvalue weighted by atomic mass is 9.91. The number of hydrogen-bond donors (Lipinski definition) is 1. The van der Waals surface area contributed by atoms with Crippen molar-refractivity contribution in [1.29, 1.82) is 0 Å². The Morgan fingerprint density at radius 2 is 2.50 bits per heavy atom. The Morgan fingerprint density at radius 3 is 3.12 bits per heavy atom. The van der Waals surface area contributed by atoms with E-state index in [0.717, 1.165) is 37.1 Å². The lowest BCUT2D eigenvalue weighted by molar-refractivity contribution is -0.0103. The number of aliphatic hydroxyl groups excluding tert-OH is 1. The van der Waals surface area contributed by atoms with Crippen molar-refractivity contribution < 1.29 is 9.84 Å². The van der Waals surface area contributed by atoms with E-state index in [2.05, 4.69) is 12.0 Å². The summed E-state index contributed by atoms with van der Waals surface area (Å²) in [5, 5.41) is 14.7. The van der Waals surface area contributed by atoms with Crippen LogP contribution >= 0.6 is 0 Å². The molecule has 4 heteroatoms. The number of aliphatic hydroxyl groups is 1. The van der Waals surface area contributed by atoms with Gasteiger partial charge < -0.3 is 9.84 Å². The van der Waals surface area contributed by atoms with Crippen LogP contribution in [-0.4, -0.2) is 28.1 Å². The molecule has 4 nitrogen and oxygen atoms in total. The number of aryl methyl sites for hydroxylation is 2. The van der Waals surface area contributed by atoms with Crippen LogP contribution in [0.3, 0.4) is 0 Å². The molecule has 0 spiro atoms. The zero-order valence-electron chi connectivity index (χ0n) is 10.0. The standard InChI is InChI=1S/C12H20N2O2/c1-3-11-10(7-14(2)13-11)12(15)9-5-4-6-16-8-9/h7,9,12,15H,3-6,8H2,1-2H3. The molecule has 2 rings (SSSR count). The van der Waals surface area contributed by atoms with Crippen LogP contribution in [-0.2, 0) is 18.2 Å². The molecule has 0 saturated carbocycles. The average Bonchev–Trinajstić information content (AvgIpc) is 2.70. The maximum Gasteiger partial charge on any atom is 0.0873 e. The number of rotatable bonds is 3. The molecule has 0 aromatic carbocycles. The van der Waals surface area contributed by atoms with Crippen molar-refractivity contribution in [3.8, 4) is 0 Å². The predicted molar refractivity (Wildman–Crippen MR) is 61.1 cm³/mol. The van der Waals surface area contributed by atoms with Crippen LogP contribution in [0.4, 0.5) is 0 Å². The van der Waals surface area contributed by atoms with Gasteiger partial charge in [-0.15, -0.1) is 0 Å². The van der Waals surface area contributed by atoms with Crippen LogP contribution in [0.5, 0.6) is 0 Å². The zero-order chi connectivity index (χ0) is 11.5. The molecule has 0 radical (unpaired) electrons. The van der Waals surface area contributed by atoms with Gasteiger partial charge in [-0.05, 0) is 19.3 Å². The van der Waals surface area contributed by atoms with Gasteiger partial charge in [-0.2, -0.15) is 5.10 Å². The first-order valence-electron chi connectivity index (χ1n) is 6.00. The molecular formula is C12H20N2O2. The number of ether oxygens (including phenoxy) is 1. The van der Waals surface area contributed by atoms with E-state index < -0.39 is 6.10 Å². The van der Waals surface area contributed by atoms with Crippen molar-refractivity contribution in [2.45, 2.75) is 32.3 Å². The molecule has 1 N–H and O–H groups in total. The molecule has 90 valence electrons. The minimum absolute atomic E-state index is 0.225. The monoisotopic (exact) mass is 224 g/mol. The number of nitrogens with zero attached hydrogens (tertiary/aromatic N) is 2. The normalized spacial score (nSPS) is 23.3. The molecule has 2 heterocycles. The molecule has 16 heavy (non-hydrogen) atoms. The molecule has 2 unspecified atom stereocenters. The maximum absolute atomic E-state index is 10.3. The van der Waals surface area contributed by atoms with Crippen LogP contribution in [0.2, 0.25) is 0 Å². The second kappa shape index (κ2) is 4.97. The molecule has 1 aliphatic rings. The lowest BCUT2D eigenvalue weighted by Crippen LogP contribution is -2.24. The first-order valence-corrected chi connectivity index (χ1v) is 6.00. The molecule has 0 amide bonds. The number of aromatic nitrogens is 2. The SMILES string of the molecule is CCc1nn(C)cc1C(O)C1CCCOC1. The quantitative estimate of drug-likeness (QED) is 0.845. The summed E-state index contributed by atoms with van der Waals surface area (Å²) < 4.78 is 7.20. The fraction of sp³-hybridized carbons (Fsp3) is 0.750. The highest BCUT2D eigenvalue weighted by Gasteiger charge is 2.26. The lowest BCUT2D eigenvalue weighted by Gasteiger charge is -2.26. The predicted octanol–water partition coefficient (Wildman–Crippen LogP) is 1.44. The van der Waals surface area contributed by atoms with Crippen molar-refractivity contribution in [3.63, 3.8) is 0 Å². The van der Waals surface area contributed by atoms with Gasteiger partial charge in [0.15, 0.2) is 0 Å². The smallest absolute Gasteiger partial charge is 0.0873 e. The largest absolute Gasteiger partial charge is 0.388 e. The summed E-state index contributed by atoms with van der Waals surface area (Å²) in [5.74, 6) is 0.225. The van der Waals surface area contributed by atoms with Gasteiger partial charge in [0.25, 0.3) is 0 Å². The first kappa shape index (κ1) is 11.6. The van der Waals surface area contributed by atoms with Crippen LogP contribution in [0, 0.1) is 5.92 Å². The Hall–Kier alpha value is -0.870. The fourth-order valence-corrected chi connectivity index (χ4v) is 2.34. The highest BCUT2D eigenvalue weighted by atomic mass is 16.5. The van der Waals surface area contributed by atoms with Gasteiger partial charge >= 0.3 is 0 Å². The van der Waals surface area contributed by atoms with Crippen LogP contribution in [0.15, 0.2) is 6.20 Å². The Kier molecular flexibility index (Phi) is 3.61. The van der Waals surface area contributed by atoms with E-state index in [1.54, 1.807) is 4.68 Å². The van der Waals surface area contributed by atoms with Gasteiger partial charge in [0, 0.05) is 31.3 Å². The van der Waals surface area contributed by atoms with E-state index >= 15 is 0 Å². The fourth-order valence-electron chi connectivity index (χ4n) is 2.34. The van der Waals surface area contributed by atoms with Crippen LogP contribution in [0.1, 0.15) is 37.1 Å². The first-order chi connectivity index (χ1) is 7.72. The third kappa shape index (κ3) is 2.28. The third-order valence-electron chi connectivity index (χ3n) is 3.23. The third-order valence-corrected chi connectivity index (χ3v) is 3.23. The van der Waals surface area contributed by atoms with E-state index in [4.69, 9.17) is 4.74 Å². The molecule has 1 aromatic heterocycles. The molecular weight excluding hydrogens is 204 g/mol. The van der Waals surface area contributed by atoms with Crippen molar-refractivity contribution >= 4 is 0 Å². The summed E-state index contributed by atoms with van der Waals surface area (Å²) >= 11 is 0. The molecule has 1 aliphatic heterocycles. The van der Waals surface area contributed by atoms with Crippen LogP contribution in [0.25, 0.3) is 0 Å². The summed E-state index contributed by atoms with van der Waals surface area (Å²) in [6, 6.07) is 0. The second-order valence-electron chi connectivity index (χ2n) is 4.48. The van der Waals surface area contributed by atoms with Gasteiger partial charge in [0.2, 0.25) is 0 Å². The summed E-state index contributed by atoms with van der Waals surface area (Å²) in [6.07, 6.45) is 4.45. The van der Waals surface area contributed by atoms with Crippen molar-refractivity contribution in [3.05, 3.63) is 17.5 Å². The molecule has 1 fully saturated rings. The van der Waals surface area contributed by atoms with Crippen LogP contribution < -0.4 is 0 Å². The molecule has 0 aliphatic carbocycles. The number of hydrogen-bond acceptors (Lipinski definition) is 3. The van der Waals surface area contributed by atoms with Crippen molar-refractivity contribution in [2.75, 3.05) is 13.2 Å². The summed E-state index contributed by atoms with van der Waals surface area (Å²) in [7, 11) is 1.90. The summed E-state index contributed by atoms with van der Waals surface area (Å²) in [4.78, 5) is 0. The Morgan fingerprint density at radius 1 is 1.69 bits per heavy atom. The zero-order valence-corrected chi connectivity index (χ0v) is 10.0. The van der Waals surface area contributed by atoms with E-state index in [-0.39, 0.29) is 5.92 Å². The van der Waals surface area contributed by atoms with Crippen molar-refractivity contribution in [1.82, 2.24) is 9.78 Å². The van der Waals surface area contributed by atoms with Gasteiger partial charge in [-0.1, -0.05) is 6.92 Å². The summed E-state index contributed by atoms with van der Waals surface area (Å²) in [5.41, 5.74) is 1.97. The van der Waals surface area contributed by atoms with Gasteiger partial charge in [-0.3, -0.25) is 4.68 Å². The Balaban J connectivity index is 2.14. The minimum Gasteiger partial charge on any atom is -0.388 e. The van der Waals surface area contributed by atoms with E-state index in [1.165, 1.54) is 0 Å². The molecule has 1 aromatic rings.